The number of rotatable bonds is 3. The highest BCUT2D eigenvalue weighted by Crippen LogP contribution is 2.30. The largest absolute Gasteiger partial charge is 0.364 e. The summed E-state index contributed by atoms with van der Waals surface area (Å²) in [6.45, 7) is 3.98. The molecule has 1 unspecified atom stereocenters. The Morgan fingerprint density at radius 1 is 1.22 bits per heavy atom. The maximum Gasteiger partial charge on any atom is 0.267 e. The quantitative estimate of drug-likeness (QED) is 0.561. The molecule has 3 N–H and O–H groups in total. The van der Waals surface area contributed by atoms with Crippen molar-refractivity contribution in [1.29, 1.82) is 0 Å². The van der Waals surface area contributed by atoms with Crippen LogP contribution in [-0.4, -0.2) is 39.6 Å². The van der Waals surface area contributed by atoms with Crippen molar-refractivity contribution >= 4 is 23.6 Å². The van der Waals surface area contributed by atoms with E-state index < -0.39 is 23.3 Å². The number of primary amides is 1. The van der Waals surface area contributed by atoms with Crippen LogP contribution in [0.3, 0.4) is 0 Å². The molecule has 3 heterocycles. The minimum absolute atomic E-state index is 0.171. The molecule has 8 heteroatoms. The highest BCUT2D eigenvalue weighted by Gasteiger charge is 2.39. The first-order valence-electron chi connectivity index (χ1n) is 10.2. The van der Waals surface area contributed by atoms with E-state index in [9.17, 15) is 19.2 Å². The fourth-order valence-corrected chi connectivity index (χ4v) is 4.10. The summed E-state index contributed by atoms with van der Waals surface area (Å²) in [4.78, 5) is 54.1. The van der Waals surface area contributed by atoms with Crippen LogP contribution in [0.4, 0.5) is 0 Å². The van der Waals surface area contributed by atoms with Crippen molar-refractivity contribution in [3.05, 3.63) is 64.5 Å². The monoisotopic (exact) mass is 430 g/mol. The van der Waals surface area contributed by atoms with Gasteiger partial charge in [-0.15, -0.1) is 0 Å². The van der Waals surface area contributed by atoms with E-state index in [0.717, 1.165) is 5.56 Å². The molecule has 4 amide bonds. The minimum atomic E-state index is -0.729. The van der Waals surface area contributed by atoms with Crippen molar-refractivity contribution in [3.63, 3.8) is 0 Å². The predicted octanol–water partition coefficient (Wildman–Crippen LogP) is 1.27. The first kappa shape index (κ1) is 21.2. The van der Waals surface area contributed by atoms with Gasteiger partial charge in [-0.05, 0) is 44.0 Å². The third kappa shape index (κ3) is 3.73. The molecular formula is C24H22N4O4. The van der Waals surface area contributed by atoms with Gasteiger partial charge in [-0.1, -0.05) is 24.0 Å². The molecule has 32 heavy (non-hydrogen) atoms. The molecule has 1 aromatic carbocycles. The van der Waals surface area contributed by atoms with Crippen molar-refractivity contribution in [2.75, 3.05) is 0 Å². The van der Waals surface area contributed by atoms with Crippen LogP contribution in [-0.2, 0) is 21.5 Å². The van der Waals surface area contributed by atoms with Crippen molar-refractivity contribution in [3.8, 4) is 11.8 Å². The molecule has 2 aliphatic rings. The maximum atomic E-state index is 13.0. The number of imide groups is 1. The topological polar surface area (TPSA) is 122 Å². The van der Waals surface area contributed by atoms with E-state index in [1.54, 1.807) is 24.3 Å². The van der Waals surface area contributed by atoms with E-state index in [2.05, 4.69) is 22.1 Å². The van der Waals surface area contributed by atoms with E-state index in [1.165, 1.54) is 11.1 Å². The number of fused-ring (bicyclic) bond motifs is 1. The van der Waals surface area contributed by atoms with Crippen LogP contribution < -0.4 is 11.1 Å². The third-order valence-corrected chi connectivity index (χ3v) is 5.81. The molecule has 162 valence electrons. The van der Waals surface area contributed by atoms with Crippen LogP contribution in [0.15, 0.2) is 36.5 Å². The number of carbonyl (C=O) groups is 4. The van der Waals surface area contributed by atoms with Gasteiger partial charge in [-0.2, -0.15) is 0 Å². The molecule has 0 aliphatic carbocycles. The van der Waals surface area contributed by atoms with Gasteiger partial charge in [0.15, 0.2) is 0 Å². The molecule has 1 atom stereocenters. The molecule has 2 aliphatic heterocycles. The number of aromatic nitrogens is 1. The molecular weight excluding hydrogens is 408 g/mol. The summed E-state index contributed by atoms with van der Waals surface area (Å²) in [6.07, 6.45) is 2.01. The van der Waals surface area contributed by atoms with Gasteiger partial charge < -0.3 is 10.6 Å². The maximum absolute atomic E-state index is 13.0. The molecule has 8 nitrogen and oxygen atoms in total. The number of piperidine rings is 1. The predicted molar refractivity (Wildman–Crippen MR) is 115 cm³/mol. The molecule has 1 fully saturated rings. The molecule has 0 radical (unpaired) electrons. The van der Waals surface area contributed by atoms with E-state index in [1.807, 2.05) is 19.9 Å². The number of nitrogens with one attached hydrogen (secondary N) is 1. The summed E-state index contributed by atoms with van der Waals surface area (Å²) in [6, 6.07) is 8.10. The fourth-order valence-electron chi connectivity index (χ4n) is 4.10. The van der Waals surface area contributed by atoms with E-state index in [-0.39, 0.29) is 30.5 Å². The SMILES string of the molecule is CC(C)(C#Cc1cccc2c1CN(C1CCC(=O)NC1=O)C2=O)c1cccnc1C(N)=O. The highest BCUT2D eigenvalue weighted by atomic mass is 16.2. The van der Waals surface area contributed by atoms with Crippen LogP contribution >= 0.6 is 0 Å². The van der Waals surface area contributed by atoms with E-state index in [0.29, 0.717) is 23.1 Å². The smallest absolute Gasteiger partial charge is 0.267 e. The van der Waals surface area contributed by atoms with Gasteiger partial charge in [0.05, 0.1) is 5.41 Å². The Hall–Kier alpha value is -3.99. The normalized spacial score (nSPS) is 18.0. The third-order valence-electron chi connectivity index (χ3n) is 5.81. The summed E-state index contributed by atoms with van der Waals surface area (Å²) in [5, 5.41) is 2.30. The van der Waals surface area contributed by atoms with Crippen molar-refractivity contribution in [2.24, 2.45) is 5.73 Å². The molecule has 4 rings (SSSR count). The Morgan fingerprint density at radius 2 is 2.00 bits per heavy atom. The minimum Gasteiger partial charge on any atom is -0.364 e. The zero-order chi connectivity index (χ0) is 23.0. The second-order valence-electron chi connectivity index (χ2n) is 8.37. The lowest BCUT2D eigenvalue weighted by Crippen LogP contribution is -2.52. The van der Waals surface area contributed by atoms with Crippen LogP contribution in [0.2, 0.25) is 0 Å². The lowest BCUT2D eigenvalue weighted by atomic mass is 9.83. The average Bonchev–Trinajstić information content (AvgIpc) is 3.09. The Kier molecular flexibility index (Phi) is 5.26. The Bertz CT molecular complexity index is 1220. The summed E-state index contributed by atoms with van der Waals surface area (Å²) < 4.78 is 0. The summed E-state index contributed by atoms with van der Waals surface area (Å²) in [5.74, 6) is 4.69. The number of pyridine rings is 1. The standard InChI is InChI=1S/C24H22N4O4/c1-24(2,17-7-4-12-26-20(17)21(25)30)11-10-14-5-3-6-15-16(14)13-28(23(15)32)18-8-9-19(29)27-22(18)31/h3-7,12,18H,8-9,13H2,1-2H3,(H2,25,30)(H,27,29,31). The van der Waals surface area contributed by atoms with Gasteiger partial charge >= 0.3 is 0 Å². The van der Waals surface area contributed by atoms with Gasteiger partial charge in [-0.3, -0.25) is 29.5 Å². The van der Waals surface area contributed by atoms with Crippen molar-refractivity contribution < 1.29 is 19.2 Å². The van der Waals surface area contributed by atoms with Crippen LogP contribution in [0.1, 0.15) is 64.2 Å². The first-order valence-corrected chi connectivity index (χ1v) is 10.2. The number of benzene rings is 1. The van der Waals surface area contributed by atoms with Crippen LogP contribution in [0.25, 0.3) is 0 Å². The molecule has 0 saturated carbocycles. The van der Waals surface area contributed by atoms with Gasteiger partial charge in [0.2, 0.25) is 11.8 Å². The Balaban J connectivity index is 1.66. The first-order chi connectivity index (χ1) is 15.2. The van der Waals surface area contributed by atoms with Gasteiger partial charge in [0, 0.05) is 35.9 Å². The Morgan fingerprint density at radius 3 is 2.72 bits per heavy atom. The number of nitrogens with zero attached hydrogens (tertiary/aromatic N) is 2. The number of nitrogens with two attached hydrogens (primary N) is 1. The van der Waals surface area contributed by atoms with Crippen molar-refractivity contribution in [2.45, 2.75) is 44.7 Å². The lowest BCUT2D eigenvalue weighted by Gasteiger charge is -2.29. The molecule has 2 aromatic rings. The summed E-state index contributed by atoms with van der Waals surface area (Å²) in [5.41, 5.74) is 7.44. The number of amides is 4. The summed E-state index contributed by atoms with van der Waals surface area (Å²) >= 11 is 0. The van der Waals surface area contributed by atoms with Gasteiger partial charge in [0.1, 0.15) is 11.7 Å². The number of hydrogen-bond donors (Lipinski definition) is 2. The van der Waals surface area contributed by atoms with Crippen LogP contribution in [0.5, 0.6) is 0 Å². The van der Waals surface area contributed by atoms with Crippen molar-refractivity contribution in [1.82, 2.24) is 15.2 Å². The Labute approximate surface area is 185 Å². The second-order valence-corrected chi connectivity index (χ2v) is 8.37. The molecule has 0 bridgehead atoms. The zero-order valence-electron chi connectivity index (χ0n) is 17.8. The summed E-state index contributed by atoms with van der Waals surface area (Å²) in [7, 11) is 0. The van der Waals surface area contributed by atoms with Gasteiger partial charge in [0.25, 0.3) is 11.8 Å². The second kappa shape index (κ2) is 7.93. The number of hydrogen-bond acceptors (Lipinski definition) is 5. The fraction of sp³-hybridized carbons (Fsp3) is 0.292. The van der Waals surface area contributed by atoms with E-state index >= 15 is 0 Å². The zero-order valence-corrected chi connectivity index (χ0v) is 17.8. The number of carbonyl (C=O) groups excluding carboxylic acids is 4. The van der Waals surface area contributed by atoms with Crippen LogP contribution in [0, 0.1) is 11.8 Å². The van der Waals surface area contributed by atoms with Gasteiger partial charge in [-0.25, -0.2) is 0 Å². The molecule has 0 spiro atoms. The van der Waals surface area contributed by atoms with E-state index in [4.69, 9.17) is 5.73 Å². The average molecular weight is 430 g/mol. The molecule has 1 aromatic heterocycles. The lowest BCUT2D eigenvalue weighted by molar-refractivity contribution is -0.136. The highest BCUT2D eigenvalue weighted by molar-refractivity contribution is 6.05. The molecule has 1 saturated heterocycles.